The number of hydrogen-bond donors (Lipinski definition) is 2. The fourth-order valence-corrected chi connectivity index (χ4v) is 1.51. The number of nitrogens with two attached hydrogens (primary N) is 1. The normalized spacial score (nSPS) is 14.3. The van der Waals surface area contributed by atoms with E-state index in [1.807, 2.05) is 0 Å². The maximum Gasteiger partial charge on any atom is 0.402 e. The molecule has 19 heavy (non-hydrogen) atoms. The van der Waals surface area contributed by atoms with Gasteiger partial charge in [0.2, 0.25) is 0 Å². The third kappa shape index (κ3) is 4.36. The third-order valence-electron chi connectivity index (χ3n) is 2.17. The van der Waals surface area contributed by atoms with Crippen molar-refractivity contribution in [2.24, 2.45) is 16.8 Å². The van der Waals surface area contributed by atoms with Crippen LogP contribution in [0.4, 0.5) is 13.2 Å². The number of hydrogen-bond acceptors (Lipinski definition) is 3. The van der Waals surface area contributed by atoms with Crippen molar-refractivity contribution >= 4 is 29.0 Å². The fourth-order valence-electron chi connectivity index (χ4n) is 1.18. The maximum absolute atomic E-state index is 12.6. The molecule has 3 N–H and O–H groups in total. The molecule has 0 bridgehead atoms. The average Bonchev–Trinajstić information content (AvgIpc) is 2.31. The summed E-state index contributed by atoms with van der Waals surface area (Å²) in [5.74, 6) is -3.26. The molecule has 0 amide bonds. The summed E-state index contributed by atoms with van der Waals surface area (Å²) in [6.07, 6.45) is -4.71. The Morgan fingerprint density at radius 2 is 2.05 bits per heavy atom. The smallest absolute Gasteiger partial charge is 0.402 e. The zero-order valence-corrected chi connectivity index (χ0v) is 10.8. The molecular formula is C10H9Cl2F3N2O2. The average molecular weight is 317 g/mol. The van der Waals surface area contributed by atoms with Gasteiger partial charge in [0.25, 0.3) is 0 Å². The van der Waals surface area contributed by atoms with Gasteiger partial charge in [-0.2, -0.15) is 13.2 Å². The minimum atomic E-state index is -4.71. The number of rotatable bonds is 4. The monoisotopic (exact) mass is 316 g/mol. The molecule has 1 aromatic rings. The summed E-state index contributed by atoms with van der Waals surface area (Å²) in [4.78, 5) is 0. The van der Waals surface area contributed by atoms with Gasteiger partial charge in [-0.1, -0.05) is 28.4 Å². The molecule has 0 aliphatic heterocycles. The third-order valence-corrected chi connectivity index (χ3v) is 2.71. The number of halogens is 5. The standard InChI is InChI=1S/C10H9Cl2F3N2O2/c11-5-1-2-7(12)8(3-5)19-4-6(9(16)17-18)10(13,14)15/h1-3,6,18H,4H2,(H2,16,17). The molecule has 1 unspecified atom stereocenters. The van der Waals surface area contributed by atoms with Crippen LogP contribution in [0, 0.1) is 5.92 Å². The number of amidine groups is 1. The summed E-state index contributed by atoms with van der Waals surface area (Å²) in [5.41, 5.74) is 4.98. The molecule has 0 saturated carbocycles. The van der Waals surface area contributed by atoms with E-state index >= 15 is 0 Å². The molecule has 1 aromatic carbocycles. The van der Waals surface area contributed by atoms with Crippen molar-refractivity contribution < 1.29 is 23.1 Å². The van der Waals surface area contributed by atoms with Crippen molar-refractivity contribution in [1.29, 1.82) is 0 Å². The highest BCUT2D eigenvalue weighted by molar-refractivity contribution is 6.34. The molecule has 9 heteroatoms. The van der Waals surface area contributed by atoms with E-state index in [0.717, 1.165) is 0 Å². The lowest BCUT2D eigenvalue weighted by Crippen LogP contribution is -2.40. The molecule has 0 aliphatic rings. The van der Waals surface area contributed by atoms with Gasteiger partial charge in [0.15, 0.2) is 5.84 Å². The van der Waals surface area contributed by atoms with E-state index in [1.54, 1.807) is 0 Å². The van der Waals surface area contributed by atoms with Crippen LogP contribution in [-0.4, -0.2) is 23.8 Å². The zero-order valence-electron chi connectivity index (χ0n) is 9.29. The predicted octanol–water partition coefficient (Wildman–Crippen LogP) is 3.30. The van der Waals surface area contributed by atoms with Crippen LogP contribution in [0.15, 0.2) is 23.4 Å². The number of oxime groups is 1. The van der Waals surface area contributed by atoms with Crippen LogP contribution >= 0.6 is 23.2 Å². The molecule has 0 spiro atoms. The Morgan fingerprint density at radius 3 is 2.58 bits per heavy atom. The molecule has 0 heterocycles. The predicted molar refractivity (Wildman–Crippen MR) is 64.9 cm³/mol. The first-order valence-corrected chi connectivity index (χ1v) is 5.63. The number of ether oxygens (including phenoxy) is 1. The lowest BCUT2D eigenvalue weighted by molar-refractivity contribution is -0.162. The molecule has 0 saturated heterocycles. The van der Waals surface area contributed by atoms with Crippen LogP contribution in [0.25, 0.3) is 0 Å². The van der Waals surface area contributed by atoms with Crippen molar-refractivity contribution in [3.63, 3.8) is 0 Å². The summed E-state index contributed by atoms with van der Waals surface area (Å²) in [5, 5.41) is 11.0. The zero-order chi connectivity index (χ0) is 14.6. The van der Waals surface area contributed by atoms with Gasteiger partial charge in [-0.15, -0.1) is 0 Å². The molecule has 0 aromatic heterocycles. The van der Waals surface area contributed by atoms with E-state index < -0.39 is 24.5 Å². The molecule has 0 radical (unpaired) electrons. The summed E-state index contributed by atoms with van der Waals surface area (Å²) >= 11 is 11.4. The van der Waals surface area contributed by atoms with Gasteiger partial charge in [0.1, 0.15) is 18.3 Å². The van der Waals surface area contributed by atoms with E-state index in [1.165, 1.54) is 18.2 Å². The lowest BCUT2D eigenvalue weighted by atomic mass is 10.1. The number of nitrogens with zero attached hydrogens (tertiary/aromatic N) is 1. The second-order valence-corrected chi connectivity index (χ2v) is 4.35. The van der Waals surface area contributed by atoms with Crippen LogP contribution in [-0.2, 0) is 0 Å². The van der Waals surface area contributed by atoms with Crippen LogP contribution in [0.5, 0.6) is 5.75 Å². The Labute approximate surface area is 116 Å². The topological polar surface area (TPSA) is 67.8 Å². The SMILES string of the molecule is N/C(=N/O)C(COc1cc(Cl)ccc1Cl)C(F)(F)F. The van der Waals surface area contributed by atoms with Gasteiger partial charge in [0, 0.05) is 11.1 Å². The van der Waals surface area contributed by atoms with E-state index in [9.17, 15) is 13.2 Å². The Bertz CT molecular complexity index is 480. The van der Waals surface area contributed by atoms with Gasteiger partial charge >= 0.3 is 6.18 Å². The Morgan fingerprint density at radius 1 is 1.42 bits per heavy atom. The first-order valence-electron chi connectivity index (χ1n) is 4.87. The molecule has 0 aliphatic carbocycles. The molecule has 1 rings (SSSR count). The van der Waals surface area contributed by atoms with Gasteiger partial charge in [-0.05, 0) is 12.1 Å². The van der Waals surface area contributed by atoms with Crippen LogP contribution in [0.1, 0.15) is 0 Å². The lowest BCUT2D eigenvalue weighted by Gasteiger charge is -2.19. The summed E-state index contributed by atoms with van der Waals surface area (Å²) < 4.78 is 42.8. The Balaban J connectivity index is 2.85. The maximum atomic E-state index is 12.6. The van der Waals surface area contributed by atoms with Gasteiger partial charge in [-0.3, -0.25) is 0 Å². The first kappa shape index (κ1) is 15.7. The van der Waals surface area contributed by atoms with Crippen molar-refractivity contribution in [3.8, 4) is 5.75 Å². The van der Waals surface area contributed by atoms with Gasteiger partial charge in [0.05, 0.1) is 5.02 Å². The van der Waals surface area contributed by atoms with E-state index in [-0.39, 0.29) is 15.8 Å². The van der Waals surface area contributed by atoms with Crippen molar-refractivity contribution in [2.45, 2.75) is 6.18 Å². The quantitative estimate of drug-likeness (QED) is 0.387. The molecule has 4 nitrogen and oxygen atoms in total. The van der Waals surface area contributed by atoms with E-state index in [2.05, 4.69) is 5.16 Å². The molecule has 0 fully saturated rings. The summed E-state index contributed by atoms with van der Waals surface area (Å²) in [6.45, 7) is -0.876. The largest absolute Gasteiger partial charge is 0.491 e. The van der Waals surface area contributed by atoms with E-state index in [4.69, 9.17) is 38.9 Å². The minimum absolute atomic E-state index is 0.0193. The Kier molecular flexibility index (Phi) is 5.13. The molecule has 1 atom stereocenters. The van der Waals surface area contributed by atoms with Crippen molar-refractivity contribution in [2.75, 3.05) is 6.61 Å². The van der Waals surface area contributed by atoms with Crippen LogP contribution < -0.4 is 10.5 Å². The summed E-state index contributed by atoms with van der Waals surface area (Å²) in [6, 6.07) is 4.11. The fraction of sp³-hybridized carbons (Fsp3) is 0.300. The summed E-state index contributed by atoms with van der Waals surface area (Å²) in [7, 11) is 0. The molecule has 106 valence electrons. The van der Waals surface area contributed by atoms with Crippen molar-refractivity contribution in [3.05, 3.63) is 28.2 Å². The highest BCUT2D eigenvalue weighted by atomic mass is 35.5. The number of benzene rings is 1. The molecular weight excluding hydrogens is 308 g/mol. The highest BCUT2D eigenvalue weighted by Crippen LogP contribution is 2.31. The van der Waals surface area contributed by atoms with Gasteiger partial charge in [-0.25, -0.2) is 0 Å². The van der Waals surface area contributed by atoms with Gasteiger partial charge < -0.3 is 15.7 Å². The van der Waals surface area contributed by atoms with Crippen molar-refractivity contribution in [1.82, 2.24) is 0 Å². The second kappa shape index (κ2) is 6.21. The van der Waals surface area contributed by atoms with E-state index in [0.29, 0.717) is 0 Å². The highest BCUT2D eigenvalue weighted by Gasteiger charge is 2.43. The first-order chi connectivity index (χ1) is 8.75. The second-order valence-electron chi connectivity index (χ2n) is 3.50. The Hall–Kier alpha value is -1.34. The number of alkyl halides is 3. The van der Waals surface area contributed by atoms with Crippen LogP contribution in [0.2, 0.25) is 10.0 Å². The minimum Gasteiger partial charge on any atom is -0.491 e. The van der Waals surface area contributed by atoms with Crippen LogP contribution in [0.3, 0.4) is 0 Å².